The predicted molar refractivity (Wildman–Crippen MR) is 72.2 cm³/mol. The Balaban J connectivity index is 2.27. The van der Waals surface area contributed by atoms with E-state index in [1.54, 1.807) is 0 Å². The second kappa shape index (κ2) is 5.51. The molecule has 1 heterocycles. The number of morpholine rings is 1. The summed E-state index contributed by atoms with van der Waals surface area (Å²) in [6.07, 6.45) is -0.321. The fourth-order valence-electron chi connectivity index (χ4n) is 2.25. The Morgan fingerprint density at radius 2 is 1.70 bits per heavy atom. The molecule has 0 aromatic heterocycles. The third-order valence-corrected chi connectivity index (χ3v) is 4.97. The Kier molecular flexibility index (Phi) is 4.12. The average molecular weight is 299 g/mol. The normalized spacial score (nSPS) is 24.5. The highest BCUT2D eigenvalue weighted by molar-refractivity contribution is 7.89. The molecule has 2 rings (SSSR count). The van der Waals surface area contributed by atoms with E-state index in [2.05, 4.69) is 0 Å². The molecule has 0 unspecified atom stereocenters. The lowest BCUT2D eigenvalue weighted by Gasteiger charge is -2.34. The number of hydrogen-bond acceptors (Lipinski definition) is 4. The van der Waals surface area contributed by atoms with E-state index in [4.69, 9.17) is 9.84 Å². The molecule has 1 aliphatic heterocycles. The first-order valence-electron chi connectivity index (χ1n) is 6.29. The van der Waals surface area contributed by atoms with Crippen molar-refractivity contribution in [3.8, 4) is 0 Å². The van der Waals surface area contributed by atoms with E-state index in [0.717, 1.165) is 0 Å². The molecule has 1 saturated heterocycles. The average Bonchev–Trinajstić information content (AvgIpc) is 2.37. The summed E-state index contributed by atoms with van der Waals surface area (Å²) in [7, 11) is -3.61. The molecule has 0 amide bonds. The van der Waals surface area contributed by atoms with Gasteiger partial charge in [0, 0.05) is 13.1 Å². The van der Waals surface area contributed by atoms with Gasteiger partial charge in [0.2, 0.25) is 10.0 Å². The number of benzene rings is 1. The first kappa shape index (κ1) is 15.0. The highest BCUT2D eigenvalue weighted by Crippen LogP contribution is 2.21. The van der Waals surface area contributed by atoms with Gasteiger partial charge in [0.25, 0.3) is 0 Å². The molecule has 110 valence electrons. The van der Waals surface area contributed by atoms with Crippen LogP contribution in [0, 0.1) is 0 Å². The second-order valence-electron chi connectivity index (χ2n) is 4.91. The van der Waals surface area contributed by atoms with Crippen molar-refractivity contribution in [1.82, 2.24) is 4.31 Å². The summed E-state index contributed by atoms with van der Waals surface area (Å²) in [5, 5.41) is 8.82. The van der Waals surface area contributed by atoms with Gasteiger partial charge < -0.3 is 9.84 Å². The molecule has 7 heteroatoms. The van der Waals surface area contributed by atoms with Crippen LogP contribution in [-0.4, -0.2) is 49.1 Å². The number of hydrogen-bond donors (Lipinski definition) is 1. The number of rotatable bonds is 3. The molecule has 1 aliphatic rings. The highest BCUT2D eigenvalue weighted by atomic mass is 32.2. The van der Waals surface area contributed by atoms with Crippen molar-refractivity contribution in [2.45, 2.75) is 31.0 Å². The molecule has 2 atom stereocenters. The third-order valence-electron chi connectivity index (χ3n) is 3.13. The standard InChI is InChI=1S/C13H17NO5S/c1-9-7-14(8-10(2)19-9)20(17,18)12-5-3-11(4-6-12)13(15)16/h3-6,9-10H,7-8H2,1-2H3,(H,15,16)/t9-,10-/m0/s1. The Morgan fingerprint density at radius 1 is 1.20 bits per heavy atom. The first-order chi connectivity index (χ1) is 9.30. The lowest BCUT2D eigenvalue weighted by molar-refractivity contribution is -0.0440. The van der Waals surface area contributed by atoms with Gasteiger partial charge in [-0.15, -0.1) is 0 Å². The lowest BCUT2D eigenvalue weighted by atomic mass is 10.2. The number of carbonyl (C=O) groups is 1. The van der Waals surface area contributed by atoms with Gasteiger partial charge in [-0.1, -0.05) is 0 Å². The molecule has 20 heavy (non-hydrogen) atoms. The van der Waals surface area contributed by atoms with Gasteiger partial charge in [-0.25, -0.2) is 13.2 Å². The Hall–Kier alpha value is -1.44. The second-order valence-corrected chi connectivity index (χ2v) is 6.85. The smallest absolute Gasteiger partial charge is 0.335 e. The molecule has 0 spiro atoms. The minimum absolute atomic E-state index is 0.0627. The SMILES string of the molecule is C[C@H]1CN(S(=O)(=O)c2ccc(C(=O)O)cc2)C[C@H](C)O1. The molecule has 0 radical (unpaired) electrons. The van der Waals surface area contributed by atoms with Crippen LogP contribution in [0.2, 0.25) is 0 Å². The maximum Gasteiger partial charge on any atom is 0.335 e. The quantitative estimate of drug-likeness (QED) is 0.906. The van der Waals surface area contributed by atoms with Crippen molar-refractivity contribution in [2.24, 2.45) is 0 Å². The third kappa shape index (κ3) is 3.00. The van der Waals surface area contributed by atoms with Gasteiger partial charge in [-0.3, -0.25) is 0 Å². The zero-order chi connectivity index (χ0) is 14.9. The molecule has 1 aromatic rings. The maximum atomic E-state index is 12.5. The summed E-state index contributed by atoms with van der Waals surface area (Å²) < 4.78 is 31.9. The van der Waals surface area contributed by atoms with Gasteiger partial charge in [0.05, 0.1) is 22.7 Å². The maximum absolute atomic E-state index is 12.5. The molecule has 0 saturated carbocycles. The molecular formula is C13H17NO5S. The molecule has 1 N–H and O–H groups in total. The first-order valence-corrected chi connectivity index (χ1v) is 7.73. The summed E-state index contributed by atoms with van der Waals surface area (Å²) in [5.41, 5.74) is 0.0627. The minimum Gasteiger partial charge on any atom is -0.478 e. The van der Waals surface area contributed by atoms with Crippen LogP contribution >= 0.6 is 0 Å². The van der Waals surface area contributed by atoms with Gasteiger partial charge in [0.15, 0.2) is 0 Å². The van der Waals surface area contributed by atoms with Crippen LogP contribution in [0.5, 0.6) is 0 Å². The van der Waals surface area contributed by atoms with E-state index in [0.29, 0.717) is 13.1 Å². The minimum atomic E-state index is -3.61. The summed E-state index contributed by atoms with van der Waals surface area (Å²) in [6, 6.07) is 5.23. The van der Waals surface area contributed by atoms with Crippen LogP contribution < -0.4 is 0 Å². The molecule has 0 aliphatic carbocycles. The highest BCUT2D eigenvalue weighted by Gasteiger charge is 2.32. The van der Waals surface area contributed by atoms with E-state index < -0.39 is 16.0 Å². The van der Waals surface area contributed by atoms with E-state index >= 15 is 0 Å². The van der Waals surface area contributed by atoms with Crippen LogP contribution in [0.3, 0.4) is 0 Å². The zero-order valence-corrected chi connectivity index (χ0v) is 12.1. The number of carboxylic acids is 1. The number of carboxylic acid groups (broad SMARTS) is 1. The lowest BCUT2D eigenvalue weighted by Crippen LogP contribution is -2.48. The van der Waals surface area contributed by atoms with E-state index in [9.17, 15) is 13.2 Å². The number of aromatic carboxylic acids is 1. The van der Waals surface area contributed by atoms with Gasteiger partial charge in [-0.05, 0) is 38.1 Å². The Bertz CT molecular complexity index is 586. The summed E-state index contributed by atoms with van der Waals surface area (Å²) in [4.78, 5) is 10.9. The van der Waals surface area contributed by atoms with Gasteiger partial charge in [-0.2, -0.15) is 4.31 Å². The topological polar surface area (TPSA) is 83.9 Å². The molecule has 1 aromatic carbocycles. The summed E-state index contributed by atoms with van der Waals surface area (Å²) >= 11 is 0. The van der Waals surface area contributed by atoms with Crippen LogP contribution in [0.25, 0.3) is 0 Å². The van der Waals surface area contributed by atoms with E-state index in [1.807, 2.05) is 13.8 Å². The number of ether oxygens (including phenoxy) is 1. The van der Waals surface area contributed by atoms with Crippen LogP contribution in [-0.2, 0) is 14.8 Å². The Morgan fingerprint density at radius 3 is 2.15 bits per heavy atom. The number of sulfonamides is 1. The van der Waals surface area contributed by atoms with Crippen molar-refractivity contribution in [2.75, 3.05) is 13.1 Å². The summed E-state index contributed by atoms with van der Waals surface area (Å²) in [6.45, 7) is 4.25. The predicted octanol–water partition coefficient (Wildman–Crippen LogP) is 1.18. The fourth-order valence-corrected chi connectivity index (χ4v) is 3.84. The fraction of sp³-hybridized carbons (Fsp3) is 0.462. The number of nitrogens with zero attached hydrogens (tertiary/aromatic N) is 1. The monoisotopic (exact) mass is 299 g/mol. The van der Waals surface area contributed by atoms with Gasteiger partial charge >= 0.3 is 5.97 Å². The van der Waals surface area contributed by atoms with Crippen molar-refractivity contribution in [3.63, 3.8) is 0 Å². The van der Waals surface area contributed by atoms with Crippen molar-refractivity contribution in [1.29, 1.82) is 0 Å². The molecule has 0 bridgehead atoms. The van der Waals surface area contributed by atoms with E-state index in [1.165, 1.54) is 28.6 Å². The van der Waals surface area contributed by atoms with Gasteiger partial charge in [0.1, 0.15) is 0 Å². The van der Waals surface area contributed by atoms with Crippen molar-refractivity contribution >= 4 is 16.0 Å². The van der Waals surface area contributed by atoms with E-state index in [-0.39, 0.29) is 22.7 Å². The zero-order valence-electron chi connectivity index (χ0n) is 11.3. The molecule has 6 nitrogen and oxygen atoms in total. The van der Waals surface area contributed by atoms with Crippen molar-refractivity contribution < 1.29 is 23.1 Å². The summed E-state index contributed by atoms with van der Waals surface area (Å²) in [5.74, 6) is -1.08. The Labute approximate surface area is 118 Å². The van der Waals surface area contributed by atoms with Crippen LogP contribution in [0.4, 0.5) is 0 Å². The van der Waals surface area contributed by atoms with Crippen LogP contribution in [0.1, 0.15) is 24.2 Å². The van der Waals surface area contributed by atoms with Crippen molar-refractivity contribution in [3.05, 3.63) is 29.8 Å². The molecule has 1 fully saturated rings. The molecular weight excluding hydrogens is 282 g/mol. The van der Waals surface area contributed by atoms with Crippen LogP contribution in [0.15, 0.2) is 29.2 Å². The largest absolute Gasteiger partial charge is 0.478 e.